The maximum atomic E-state index is 12.8. The number of nitrogens with zero attached hydrogens (tertiary/aromatic N) is 2. The minimum Gasteiger partial charge on any atom is -0.400 e. The summed E-state index contributed by atoms with van der Waals surface area (Å²) in [4.78, 5) is 23.0. The zero-order valence-corrected chi connectivity index (χ0v) is 15.3. The first-order valence-electron chi connectivity index (χ1n) is 8.53. The summed E-state index contributed by atoms with van der Waals surface area (Å²) >= 11 is 1.51. The summed E-state index contributed by atoms with van der Waals surface area (Å²) in [5, 5.41) is 0. The Morgan fingerprint density at radius 2 is 2.08 bits per heavy atom. The third kappa shape index (κ3) is 2.93. The van der Waals surface area contributed by atoms with E-state index >= 15 is 0 Å². The van der Waals surface area contributed by atoms with E-state index in [1.807, 2.05) is 53.6 Å². The Morgan fingerprint density at radius 1 is 1.27 bits per heavy atom. The van der Waals surface area contributed by atoms with Gasteiger partial charge in [0.1, 0.15) is 0 Å². The van der Waals surface area contributed by atoms with Crippen LogP contribution in [-0.2, 0) is 0 Å². The van der Waals surface area contributed by atoms with Crippen LogP contribution in [0.5, 0.6) is 0 Å². The third-order valence-corrected chi connectivity index (χ3v) is 5.76. The number of H-pyrrole nitrogens is 1. The smallest absolute Gasteiger partial charge is 0.264 e. The predicted octanol–water partition coefficient (Wildman–Crippen LogP) is 3.41. The number of aliphatic imine (C=N–C) groups is 1. The number of thiophene rings is 1. The maximum Gasteiger partial charge on any atom is 0.264 e. The van der Waals surface area contributed by atoms with Gasteiger partial charge in [-0.05, 0) is 24.1 Å². The molecule has 1 amide bonds. The van der Waals surface area contributed by atoms with Crippen molar-refractivity contribution >= 4 is 33.2 Å². The second-order valence-electron chi connectivity index (χ2n) is 6.28. The highest BCUT2D eigenvalue weighted by molar-refractivity contribution is 7.20. The Morgan fingerprint density at radius 3 is 2.77 bits per heavy atom. The van der Waals surface area contributed by atoms with E-state index in [4.69, 9.17) is 5.73 Å². The number of carbonyl (C=O) groups is 1. The Balaban J connectivity index is 1.57. The highest BCUT2D eigenvalue weighted by Gasteiger charge is 2.26. The van der Waals surface area contributed by atoms with Gasteiger partial charge < -0.3 is 15.6 Å². The number of hydrogen-bond acceptors (Lipinski definition) is 4. The molecule has 3 N–H and O–H groups in total. The van der Waals surface area contributed by atoms with E-state index in [-0.39, 0.29) is 5.91 Å². The van der Waals surface area contributed by atoms with Gasteiger partial charge in [0.15, 0.2) is 0 Å². The molecule has 3 heterocycles. The first-order chi connectivity index (χ1) is 12.7. The lowest BCUT2D eigenvalue weighted by atomic mass is 9.95. The number of aromatic nitrogens is 1. The van der Waals surface area contributed by atoms with E-state index in [2.05, 4.69) is 9.98 Å². The molecule has 0 saturated carbocycles. The van der Waals surface area contributed by atoms with E-state index in [0.29, 0.717) is 19.5 Å². The molecule has 0 spiro atoms. The van der Waals surface area contributed by atoms with Gasteiger partial charge in [-0.3, -0.25) is 9.79 Å². The number of hydrogen-bond donors (Lipinski definition) is 2. The number of aromatic amines is 1. The summed E-state index contributed by atoms with van der Waals surface area (Å²) in [6, 6.07) is 14.0. The monoisotopic (exact) mass is 364 g/mol. The van der Waals surface area contributed by atoms with Crippen molar-refractivity contribution in [1.29, 1.82) is 0 Å². The van der Waals surface area contributed by atoms with Crippen LogP contribution in [0, 0.1) is 0 Å². The minimum absolute atomic E-state index is 0.0382. The number of carbonyl (C=O) groups excluding carboxylic acids is 1. The molecule has 0 bridgehead atoms. The second-order valence-corrected chi connectivity index (χ2v) is 7.37. The van der Waals surface area contributed by atoms with Crippen LogP contribution < -0.4 is 5.73 Å². The van der Waals surface area contributed by atoms with E-state index in [0.717, 1.165) is 37.6 Å². The van der Waals surface area contributed by atoms with Gasteiger partial charge in [0.25, 0.3) is 5.91 Å². The largest absolute Gasteiger partial charge is 0.400 e. The van der Waals surface area contributed by atoms with Crippen LogP contribution in [0.15, 0.2) is 64.9 Å². The van der Waals surface area contributed by atoms with Gasteiger partial charge >= 0.3 is 0 Å². The summed E-state index contributed by atoms with van der Waals surface area (Å²) in [6.07, 6.45) is 2.60. The van der Waals surface area contributed by atoms with Crippen LogP contribution in [0.3, 0.4) is 0 Å². The number of amides is 1. The van der Waals surface area contributed by atoms with Gasteiger partial charge in [0.2, 0.25) is 0 Å². The number of rotatable bonds is 3. The normalized spacial score (nSPS) is 15.7. The molecule has 26 heavy (non-hydrogen) atoms. The molecular weight excluding hydrogens is 344 g/mol. The SMILES string of the molecule is CN=C(C1=C(N)CN(C(=O)c2cc3[nH]ccc3s2)CC1)c1ccccc1. The summed E-state index contributed by atoms with van der Waals surface area (Å²) in [6.45, 7) is 1.08. The number of nitrogens with two attached hydrogens (primary N) is 1. The minimum atomic E-state index is 0.0382. The molecule has 0 aliphatic carbocycles. The lowest BCUT2D eigenvalue weighted by molar-refractivity contribution is 0.0769. The van der Waals surface area contributed by atoms with Gasteiger partial charge in [0.05, 0.1) is 27.4 Å². The Kier molecular flexibility index (Phi) is 4.34. The third-order valence-electron chi connectivity index (χ3n) is 4.67. The molecule has 0 fully saturated rings. The molecule has 6 heteroatoms. The van der Waals surface area contributed by atoms with Crippen LogP contribution in [-0.4, -0.2) is 41.6 Å². The molecule has 1 aliphatic rings. The molecule has 132 valence electrons. The summed E-state index contributed by atoms with van der Waals surface area (Å²) in [5.41, 5.74) is 11.1. The average Bonchev–Trinajstić information content (AvgIpc) is 3.26. The zero-order chi connectivity index (χ0) is 18.1. The Hall–Kier alpha value is -2.86. The molecule has 0 atom stereocenters. The topological polar surface area (TPSA) is 74.5 Å². The molecule has 4 rings (SSSR count). The molecule has 0 unspecified atom stereocenters. The first-order valence-corrected chi connectivity index (χ1v) is 9.35. The van der Waals surface area contributed by atoms with Crippen molar-refractivity contribution in [3.63, 3.8) is 0 Å². The summed E-state index contributed by atoms with van der Waals surface area (Å²) in [7, 11) is 1.79. The number of nitrogens with one attached hydrogen (secondary N) is 1. The van der Waals surface area contributed by atoms with Gasteiger partial charge in [-0.1, -0.05) is 30.3 Å². The fraction of sp³-hybridized carbons (Fsp3) is 0.200. The van der Waals surface area contributed by atoms with Crippen LogP contribution in [0.1, 0.15) is 21.7 Å². The highest BCUT2D eigenvalue weighted by Crippen LogP contribution is 2.27. The lowest BCUT2D eigenvalue weighted by Gasteiger charge is -2.29. The van der Waals surface area contributed by atoms with Crippen molar-refractivity contribution in [1.82, 2.24) is 9.88 Å². The van der Waals surface area contributed by atoms with E-state index in [1.54, 1.807) is 7.05 Å². The van der Waals surface area contributed by atoms with Gasteiger partial charge in [0, 0.05) is 31.1 Å². The molecular formula is C20H20N4OS. The van der Waals surface area contributed by atoms with Crippen molar-refractivity contribution in [3.05, 3.63) is 70.4 Å². The van der Waals surface area contributed by atoms with Gasteiger partial charge in [-0.2, -0.15) is 0 Å². The summed E-state index contributed by atoms with van der Waals surface area (Å²) in [5.74, 6) is 0.0382. The van der Waals surface area contributed by atoms with Crippen molar-refractivity contribution in [2.24, 2.45) is 10.7 Å². The lowest BCUT2D eigenvalue weighted by Crippen LogP contribution is -2.40. The van der Waals surface area contributed by atoms with E-state index < -0.39 is 0 Å². The Bertz CT molecular complexity index is 984. The number of benzene rings is 1. The molecule has 5 nitrogen and oxygen atoms in total. The van der Waals surface area contributed by atoms with Crippen molar-refractivity contribution < 1.29 is 4.79 Å². The second kappa shape index (κ2) is 6.80. The maximum absolute atomic E-state index is 12.8. The molecule has 0 saturated heterocycles. The average molecular weight is 364 g/mol. The first kappa shape index (κ1) is 16.6. The van der Waals surface area contributed by atoms with Crippen LogP contribution in [0.2, 0.25) is 0 Å². The molecule has 1 aliphatic heterocycles. The van der Waals surface area contributed by atoms with Crippen LogP contribution in [0.25, 0.3) is 10.2 Å². The fourth-order valence-corrected chi connectivity index (χ4v) is 4.37. The highest BCUT2D eigenvalue weighted by atomic mass is 32.1. The predicted molar refractivity (Wildman–Crippen MR) is 107 cm³/mol. The standard InChI is InChI=1S/C20H20N4OS/c1-22-19(13-5-3-2-4-6-13)14-8-10-24(12-15(14)21)20(25)18-11-16-17(26-18)7-9-23-16/h2-7,9,11,23H,8,10,12,21H2,1H3. The van der Waals surface area contributed by atoms with E-state index in [9.17, 15) is 4.79 Å². The quantitative estimate of drug-likeness (QED) is 0.699. The summed E-state index contributed by atoms with van der Waals surface area (Å²) < 4.78 is 1.10. The van der Waals surface area contributed by atoms with Gasteiger partial charge in [-0.15, -0.1) is 11.3 Å². The number of fused-ring (bicyclic) bond motifs is 1. The van der Waals surface area contributed by atoms with Crippen LogP contribution in [0.4, 0.5) is 0 Å². The molecule has 3 aromatic rings. The van der Waals surface area contributed by atoms with Gasteiger partial charge in [-0.25, -0.2) is 0 Å². The van der Waals surface area contributed by atoms with Crippen molar-refractivity contribution in [2.75, 3.05) is 20.1 Å². The van der Waals surface area contributed by atoms with E-state index in [1.165, 1.54) is 11.3 Å². The Labute approximate surface area is 155 Å². The zero-order valence-electron chi connectivity index (χ0n) is 14.5. The molecule has 2 aromatic heterocycles. The van der Waals surface area contributed by atoms with Crippen LogP contribution >= 0.6 is 11.3 Å². The fourth-order valence-electron chi connectivity index (χ4n) is 3.38. The van der Waals surface area contributed by atoms with Crippen molar-refractivity contribution in [2.45, 2.75) is 6.42 Å². The molecule has 1 aromatic carbocycles. The molecule has 0 radical (unpaired) electrons. The van der Waals surface area contributed by atoms with Crippen molar-refractivity contribution in [3.8, 4) is 0 Å².